The van der Waals surface area contributed by atoms with E-state index in [1.165, 1.54) is 44.1 Å². The summed E-state index contributed by atoms with van der Waals surface area (Å²) < 4.78 is 5.35. The number of hydrogen-bond acceptors (Lipinski definition) is 4. The number of nitrogens with zero attached hydrogens (tertiary/aromatic N) is 2. The van der Waals surface area contributed by atoms with Gasteiger partial charge in [-0.15, -0.1) is 0 Å². The average molecular weight is 328 g/mol. The van der Waals surface area contributed by atoms with Gasteiger partial charge in [0.1, 0.15) is 12.4 Å². The van der Waals surface area contributed by atoms with Crippen molar-refractivity contribution in [2.45, 2.75) is 51.9 Å². The first-order valence-corrected chi connectivity index (χ1v) is 8.98. The third-order valence-corrected chi connectivity index (χ3v) is 4.00. The summed E-state index contributed by atoms with van der Waals surface area (Å²) in [6.45, 7) is 2.57. The number of hydrogen-bond donors (Lipinski definition) is 1. The van der Waals surface area contributed by atoms with Crippen LogP contribution >= 0.6 is 0 Å². The Morgan fingerprint density at radius 1 is 0.917 bits per heavy atom. The lowest BCUT2D eigenvalue weighted by Crippen LogP contribution is -2.01. The van der Waals surface area contributed by atoms with E-state index in [-0.39, 0.29) is 6.61 Å². The van der Waals surface area contributed by atoms with Gasteiger partial charge in [-0.25, -0.2) is 9.97 Å². The maximum Gasteiger partial charge on any atom is 0.159 e. The van der Waals surface area contributed by atoms with E-state index in [1.54, 1.807) is 0 Å². The molecular formula is C20H28N2O2. The lowest BCUT2D eigenvalue weighted by atomic mass is 10.1. The standard InChI is InChI=1S/C20H28N2O2/c1-2-3-4-5-6-7-8-17-15-21-20(22-16-17)18-9-11-19(12-10-18)24-14-13-23/h9-12,15-16,23H,2-8,13-14H2,1H3. The van der Waals surface area contributed by atoms with Gasteiger partial charge in [0.2, 0.25) is 0 Å². The molecular weight excluding hydrogens is 300 g/mol. The molecule has 0 atom stereocenters. The van der Waals surface area contributed by atoms with Crippen LogP contribution in [0.1, 0.15) is 51.0 Å². The molecule has 1 heterocycles. The molecule has 1 aromatic carbocycles. The van der Waals surface area contributed by atoms with Crippen molar-refractivity contribution in [2.75, 3.05) is 13.2 Å². The fraction of sp³-hybridized carbons (Fsp3) is 0.500. The van der Waals surface area contributed by atoms with Gasteiger partial charge >= 0.3 is 0 Å². The molecule has 2 rings (SSSR count). The molecule has 0 aliphatic rings. The zero-order valence-electron chi connectivity index (χ0n) is 14.6. The first-order valence-electron chi connectivity index (χ1n) is 8.98. The number of benzene rings is 1. The van der Waals surface area contributed by atoms with Gasteiger partial charge in [-0.3, -0.25) is 0 Å². The molecule has 0 aliphatic carbocycles. The SMILES string of the molecule is CCCCCCCCc1cnc(-c2ccc(OCCO)cc2)nc1. The van der Waals surface area contributed by atoms with Crippen LogP contribution in [0.2, 0.25) is 0 Å². The first kappa shape index (κ1) is 18.4. The number of aryl methyl sites for hydroxylation is 1. The molecule has 2 aromatic rings. The van der Waals surface area contributed by atoms with Crippen LogP contribution in [-0.2, 0) is 6.42 Å². The Morgan fingerprint density at radius 3 is 2.25 bits per heavy atom. The summed E-state index contributed by atoms with van der Waals surface area (Å²) in [6, 6.07) is 7.63. The molecule has 0 fully saturated rings. The summed E-state index contributed by atoms with van der Waals surface area (Å²) >= 11 is 0. The summed E-state index contributed by atoms with van der Waals surface area (Å²) in [4.78, 5) is 8.95. The Kier molecular flexibility index (Phi) is 8.25. The number of rotatable bonds is 11. The maximum atomic E-state index is 8.76. The third kappa shape index (κ3) is 6.28. The molecule has 0 radical (unpaired) electrons. The van der Waals surface area contributed by atoms with Crippen LogP contribution in [0.4, 0.5) is 0 Å². The number of ether oxygens (including phenoxy) is 1. The van der Waals surface area contributed by atoms with Crippen LogP contribution in [-0.4, -0.2) is 28.3 Å². The van der Waals surface area contributed by atoms with E-state index in [0.29, 0.717) is 6.61 Å². The fourth-order valence-corrected chi connectivity index (χ4v) is 2.61. The van der Waals surface area contributed by atoms with Gasteiger partial charge in [-0.2, -0.15) is 0 Å². The van der Waals surface area contributed by atoms with Crippen molar-refractivity contribution < 1.29 is 9.84 Å². The molecule has 4 nitrogen and oxygen atoms in total. The lowest BCUT2D eigenvalue weighted by Gasteiger charge is -2.06. The maximum absolute atomic E-state index is 8.76. The highest BCUT2D eigenvalue weighted by Crippen LogP contribution is 2.19. The van der Waals surface area contributed by atoms with Gasteiger partial charge in [-0.05, 0) is 42.7 Å². The van der Waals surface area contributed by atoms with Gasteiger partial charge < -0.3 is 9.84 Å². The van der Waals surface area contributed by atoms with E-state index in [0.717, 1.165) is 23.6 Å². The van der Waals surface area contributed by atoms with Gasteiger partial charge in [0.15, 0.2) is 5.82 Å². The molecule has 0 spiro atoms. The predicted octanol–water partition coefficient (Wildman–Crippen LogP) is 4.42. The van der Waals surface area contributed by atoms with Crippen molar-refractivity contribution in [3.63, 3.8) is 0 Å². The molecule has 0 unspecified atom stereocenters. The van der Waals surface area contributed by atoms with Gasteiger partial charge in [0, 0.05) is 18.0 Å². The highest BCUT2D eigenvalue weighted by atomic mass is 16.5. The minimum absolute atomic E-state index is 0.0188. The molecule has 1 N–H and O–H groups in total. The third-order valence-electron chi connectivity index (χ3n) is 4.00. The first-order chi connectivity index (χ1) is 11.8. The smallest absolute Gasteiger partial charge is 0.159 e. The van der Waals surface area contributed by atoms with Crippen molar-refractivity contribution in [1.29, 1.82) is 0 Å². The Hall–Kier alpha value is -1.94. The van der Waals surface area contributed by atoms with Gasteiger partial charge in [-0.1, -0.05) is 39.0 Å². The second-order valence-corrected chi connectivity index (χ2v) is 6.03. The van der Waals surface area contributed by atoms with Gasteiger partial charge in [0.05, 0.1) is 6.61 Å². The van der Waals surface area contributed by atoms with Crippen LogP contribution in [0.25, 0.3) is 11.4 Å². The minimum Gasteiger partial charge on any atom is -0.491 e. The Bertz CT molecular complexity index is 567. The molecule has 0 saturated heterocycles. The molecule has 0 bridgehead atoms. The van der Waals surface area contributed by atoms with Crippen molar-refractivity contribution in [3.8, 4) is 17.1 Å². The van der Waals surface area contributed by atoms with Crippen molar-refractivity contribution >= 4 is 0 Å². The fourth-order valence-electron chi connectivity index (χ4n) is 2.61. The molecule has 1 aromatic heterocycles. The largest absolute Gasteiger partial charge is 0.491 e. The number of unbranched alkanes of at least 4 members (excludes halogenated alkanes) is 5. The molecule has 0 amide bonds. The monoisotopic (exact) mass is 328 g/mol. The van der Waals surface area contributed by atoms with Crippen molar-refractivity contribution in [1.82, 2.24) is 9.97 Å². The number of aromatic nitrogens is 2. The van der Waals surface area contributed by atoms with Crippen LogP contribution in [0.3, 0.4) is 0 Å². The number of aliphatic hydroxyl groups excluding tert-OH is 1. The topological polar surface area (TPSA) is 55.2 Å². The molecule has 4 heteroatoms. The normalized spacial score (nSPS) is 10.8. The van der Waals surface area contributed by atoms with E-state index in [9.17, 15) is 0 Å². The van der Waals surface area contributed by atoms with Crippen LogP contribution in [0.5, 0.6) is 5.75 Å². The predicted molar refractivity (Wildman–Crippen MR) is 97.1 cm³/mol. The highest BCUT2D eigenvalue weighted by Gasteiger charge is 2.03. The van der Waals surface area contributed by atoms with E-state index in [1.807, 2.05) is 36.7 Å². The van der Waals surface area contributed by atoms with Crippen LogP contribution < -0.4 is 4.74 Å². The summed E-state index contributed by atoms with van der Waals surface area (Å²) in [5.74, 6) is 1.47. The summed E-state index contributed by atoms with van der Waals surface area (Å²) in [7, 11) is 0. The van der Waals surface area contributed by atoms with Crippen molar-refractivity contribution in [2.24, 2.45) is 0 Å². The second kappa shape index (κ2) is 10.8. The number of aliphatic hydroxyl groups is 1. The van der Waals surface area contributed by atoms with E-state index in [4.69, 9.17) is 9.84 Å². The summed E-state index contributed by atoms with van der Waals surface area (Å²) in [6.07, 6.45) is 12.8. The average Bonchev–Trinajstić information content (AvgIpc) is 2.64. The highest BCUT2D eigenvalue weighted by molar-refractivity contribution is 5.55. The van der Waals surface area contributed by atoms with Crippen LogP contribution in [0.15, 0.2) is 36.7 Å². The molecule has 130 valence electrons. The quantitative estimate of drug-likeness (QED) is 0.620. The minimum atomic E-state index is 0.0188. The summed E-state index contributed by atoms with van der Waals surface area (Å²) in [5.41, 5.74) is 2.18. The van der Waals surface area contributed by atoms with E-state index in [2.05, 4.69) is 16.9 Å². The Morgan fingerprint density at radius 2 is 1.58 bits per heavy atom. The Labute approximate surface area is 144 Å². The van der Waals surface area contributed by atoms with Crippen molar-refractivity contribution in [3.05, 3.63) is 42.2 Å². The zero-order valence-corrected chi connectivity index (χ0v) is 14.6. The molecule has 24 heavy (non-hydrogen) atoms. The summed E-state index contributed by atoms with van der Waals surface area (Å²) in [5, 5.41) is 8.76. The molecule has 0 aliphatic heterocycles. The van der Waals surface area contributed by atoms with Crippen LogP contribution in [0, 0.1) is 0 Å². The second-order valence-electron chi connectivity index (χ2n) is 6.03. The van der Waals surface area contributed by atoms with Gasteiger partial charge in [0.25, 0.3) is 0 Å². The van der Waals surface area contributed by atoms with E-state index < -0.39 is 0 Å². The molecule has 0 saturated carbocycles. The lowest BCUT2D eigenvalue weighted by molar-refractivity contribution is 0.201. The Balaban J connectivity index is 1.80. The zero-order chi connectivity index (χ0) is 17.0. The van der Waals surface area contributed by atoms with E-state index >= 15 is 0 Å².